The number of nitriles is 1. The molecule has 0 aliphatic carbocycles. The van der Waals surface area contributed by atoms with E-state index in [9.17, 15) is 18.8 Å². The summed E-state index contributed by atoms with van der Waals surface area (Å²) in [6.07, 6.45) is 3.29. The Morgan fingerprint density at radius 1 is 1.39 bits per heavy atom. The zero-order valence-electron chi connectivity index (χ0n) is 12.2. The van der Waals surface area contributed by atoms with Crippen molar-refractivity contribution in [1.82, 2.24) is 10.3 Å². The van der Waals surface area contributed by atoms with Gasteiger partial charge in [0, 0.05) is 25.2 Å². The van der Waals surface area contributed by atoms with Gasteiger partial charge in [0.05, 0.1) is 16.6 Å². The number of anilines is 1. The molecule has 7 heteroatoms. The van der Waals surface area contributed by atoms with E-state index in [1.807, 2.05) is 6.07 Å². The number of hydrogen-bond donors (Lipinski definition) is 2. The third kappa shape index (κ3) is 2.93. The molecular formula is C16H14F2N4O. The average Bonchev–Trinajstić information content (AvgIpc) is 2.55. The Kier molecular flexibility index (Phi) is 4.06. The van der Waals surface area contributed by atoms with E-state index in [0.717, 1.165) is 25.0 Å². The van der Waals surface area contributed by atoms with Gasteiger partial charge in [0.1, 0.15) is 23.2 Å². The minimum Gasteiger partial charge on any atom is -0.381 e. The summed E-state index contributed by atoms with van der Waals surface area (Å²) in [4.78, 5) is 15.2. The summed E-state index contributed by atoms with van der Waals surface area (Å²) >= 11 is 0. The van der Waals surface area contributed by atoms with Gasteiger partial charge in [-0.2, -0.15) is 5.26 Å². The van der Waals surface area contributed by atoms with E-state index < -0.39 is 11.6 Å². The molecule has 0 bridgehead atoms. The first-order chi connectivity index (χ1) is 11.1. The zero-order chi connectivity index (χ0) is 16.4. The molecule has 1 aliphatic rings. The second-order valence-corrected chi connectivity index (χ2v) is 5.45. The average molecular weight is 316 g/mol. The number of carbonyl (C=O) groups is 1. The normalized spacial score (nSPS) is 17.6. The van der Waals surface area contributed by atoms with E-state index >= 15 is 0 Å². The first kappa shape index (κ1) is 15.2. The van der Waals surface area contributed by atoms with Gasteiger partial charge in [-0.3, -0.25) is 9.78 Å². The van der Waals surface area contributed by atoms with Gasteiger partial charge in [-0.05, 0) is 25.0 Å². The second kappa shape index (κ2) is 6.16. The fourth-order valence-corrected chi connectivity index (χ4v) is 2.76. The van der Waals surface area contributed by atoms with Crippen LogP contribution in [0.5, 0.6) is 0 Å². The second-order valence-electron chi connectivity index (χ2n) is 5.45. The highest BCUT2D eigenvalue weighted by molar-refractivity contribution is 5.94. The number of halogens is 2. The van der Waals surface area contributed by atoms with Gasteiger partial charge >= 0.3 is 0 Å². The van der Waals surface area contributed by atoms with Crippen molar-refractivity contribution in [2.75, 3.05) is 11.9 Å². The number of carbonyl (C=O) groups excluding carboxylic acids is 1. The third-order valence-corrected chi connectivity index (χ3v) is 3.89. The molecule has 23 heavy (non-hydrogen) atoms. The molecule has 1 aromatic heterocycles. The molecule has 3 rings (SSSR count). The van der Waals surface area contributed by atoms with Crippen molar-refractivity contribution in [2.45, 2.75) is 25.3 Å². The van der Waals surface area contributed by atoms with Crippen LogP contribution < -0.4 is 10.6 Å². The number of pyridine rings is 1. The molecule has 0 radical (unpaired) electrons. The minimum absolute atomic E-state index is 0.0274. The summed E-state index contributed by atoms with van der Waals surface area (Å²) in [6.45, 7) is 0.329. The van der Waals surface area contributed by atoms with E-state index in [1.165, 1.54) is 6.20 Å². The van der Waals surface area contributed by atoms with Crippen LogP contribution in [0.1, 0.15) is 24.8 Å². The quantitative estimate of drug-likeness (QED) is 0.912. The molecule has 1 fully saturated rings. The maximum absolute atomic E-state index is 14.1. The summed E-state index contributed by atoms with van der Waals surface area (Å²) in [5.74, 6) is -1.33. The number of aromatic nitrogens is 1. The van der Waals surface area contributed by atoms with Crippen LogP contribution in [0.2, 0.25) is 0 Å². The Morgan fingerprint density at radius 2 is 2.17 bits per heavy atom. The molecule has 1 saturated heterocycles. The van der Waals surface area contributed by atoms with Crippen LogP contribution in [-0.4, -0.2) is 23.5 Å². The van der Waals surface area contributed by atoms with Crippen molar-refractivity contribution in [3.63, 3.8) is 0 Å². The fraction of sp³-hybridized carbons (Fsp3) is 0.312. The van der Waals surface area contributed by atoms with E-state index in [-0.39, 0.29) is 34.1 Å². The topological polar surface area (TPSA) is 77.8 Å². The molecule has 1 atom stereocenters. The van der Waals surface area contributed by atoms with Crippen molar-refractivity contribution in [2.24, 2.45) is 0 Å². The van der Waals surface area contributed by atoms with Gasteiger partial charge in [0.25, 0.3) is 0 Å². The number of amides is 1. The molecular weight excluding hydrogens is 302 g/mol. The molecule has 118 valence electrons. The van der Waals surface area contributed by atoms with E-state index in [2.05, 4.69) is 15.6 Å². The van der Waals surface area contributed by atoms with Crippen molar-refractivity contribution in [3.05, 3.63) is 35.5 Å². The molecule has 1 aromatic carbocycles. The van der Waals surface area contributed by atoms with Crippen LogP contribution in [0.4, 0.5) is 14.5 Å². The van der Waals surface area contributed by atoms with Crippen LogP contribution in [0.3, 0.4) is 0 Å². The Morgan fingerprint density at radius 3 is 2.91 bits per heavy atom. The smallest absolute Gasteiger partial charge is 0.220 e. The van der Waals surface area contributed by atoms with Crippen LogP contribution in [0.15, 0.2) is 18.3 Å². The van der Waals surface area contributed by atoms with Crippen molar-refractivity contribution in [3.8, 4) is 6.07 Å². The molecule has 0 spiro atoms. The summed E-state index contributed by atoms with van der Waals surface area (Å²) in [7, 11) is 0. The maximum atomic E-state index is 14.1. The molecule has 1 aliphatic heterocycles. The SMILES string of the molecule is N#Cc1cnc2c(F)ccc(F)c2c1NC[C@H]1CCCC(=O)N1. The molecule has 1 amide bonds. The summed E-state index contributed by atoms with van der Waals surface area (Å²) in [5, 5.41) is 15.0. The number of fused-ring (bicyclic) bond motifs is 1. The highest BCUT2D eigenvalue weighted by atomic mass is 19.1. The van der Waals surface area contributed by atoms with Gasteiger partial charge in [-0.25, -0.2) is 8.78 Å². The van der Waals surface area contributed by atoms with Crippen LogP contribution in [0.25, 0.3) is 10.9 Å². The van der Waals surface area contributed by atoms with Gasteiger partial charge in [0.2, 0.25) is 5.91 Å². The van der Waals surface area contributed by atoms with Crippen LogP contribution in [-0.2, 0) is 4.79 Å². The predicted octanol–water partition coefficient (Wildman–Crippen LogP) is 2.47. The third-order valence-electron chi connectivity index (χ3n) is 3.89. The Labute approximate surface area is 131 Å². The van der Waals surface area contributed by atoms with Gasteiger partial charge < -0.3 is 10.6 Å². The maximum Gasteiger partial charge on any atom is 0.220 e. The first-order valence-corrected chi connectivity index (χ1v) is 7.30. The Hall–Kier alpha value is -2.75. The highest BCUT2D eigenvalue weighted by Crippen LogP contribution is 2.29. The Balaban J connectivity index is 1.97. The van der Waals surface area contributed by atoms with Crippen molar-refractivity contribution in [1.29, 1.82) is 5.26 Å². The van der Waals surface area contributed by atoms with E-state index in [1.54, 1.807) is 0 Å². The van der Waals surface area contributed by atoms with Crippen LogP contribution >= 0.6 is 0 Å². The lowest BCUT2D eigenvalue weighted by Crippen LogP contribution is -2.42. The molecule has 2 N–H and O–H groups in total. The van der Waals surface area contributed by atoms with E-state index in [0.29, 0.717) is 13.0 Å². The van der Waals surface area contributed by atoms with Crippen molar-refractivity contribution < 1.29 is 13.6 Å². The number of piperidine rings is 1. The lowest BCUT2D eigenvalue weighted by Gasteiger charge is -2.24. The fourth-order valence-electron chi connectivity index (χ4n) is 2.76. The number of hydrogen-bond acceptors (Lipinski definition) is 4. The van der Waals surface area contributed by atoms with Gasteiger partial charge in [-0.1, -0.05) is 0 Å². The van der Waals surface area contributed by atoms with Gasteiger partial charge in [0.15, 0.2) is 0 Å². The summed E-state index contributed by atoms with van der Waals surface area (Å²) in [5.41, 5.74) is 0.206. The highest BCUT2D eigenvalue weighted by Gasteiger charge is 2.20. The largest absolute Gasteiger partial charge is 0.381 e. The number of nitrogens with zero attached hydrogens (tertiary/aromatic N) is 2. The zero-order valence-corrected chi connectivity index (χ0v) is 12.2. The molecule has 2 heterocycles. The van der Waals surface area contributed by atoms with E-state index in [4.69, 9.17) is 0 Å². The van der Waals surface area contributed by atoms with Crippen molar-refractivity contribution >= 4 is 22.5 Å². The lowest BCUT2D eigenvalue weighted by molar-refractivity contribution is -0.123. The number of benzene rings is 1. The number of rotatable bonds is 3. The number of nitrogens with one attached hydrogen (secondary N) is 2. The molecule has 0 saturated carbocycles. The summed E-state index contributed by atoms with van der Waals surface area (Å²) < 4.78 is 28.0. The molecule has 2 aromatic rings. The molecule has 0 unspecified atom stereocenters. The van der Waals surface area contributed by atoms with Gasteiger partial charge in [-0.15, -0.1) is 0 Å². The first-order valence-electron chi connectivity index (χ1n) is 7.30. The summed E-state index contributed by atoms with van der Waals surface area (Å²) in [6, 6.07) is 3.83. The monoisotopic (exact) mass is 316 g/mol. The standard InChI is InChI=1S/C16H14F2N4O/c17-11-4-5-12(18)16-14(11)15(9(6-19)7-20-16)21-8-10-2-1-3-13(23)22-10/h4-5,7,10H,1-3,8H2,(H,20,21)(H,22,23)/t10-/m1/s1. The minimum atomic E-state index is -0.653. The Bertz CT molecular complexity index is 816. The predicted molar refractivity (Wildman–Crippen MR) is 80.6 cm³/mol. The van der Waals surface area contributed by atoms with Crippen LogP contribution in [0, 0.1) is 23.0 Å². The molecule has 5 nitrogen and oxygen atoms in total. The lowest BCUT2D eigenvalue weighted by atomic mass is 10.0.